The Morgan fingerprint density at radius 1 is 1.17 bits per heavy atom. The fourth-order valence-corrected chi connectivity index (χ4v) is 5.92. The summed E-state index contributed by atoms with van der Waals surface area (Å²) in [6.45, 7) is 5.34. The zero-order valence-electron chi connectivity index (χ0n) is 17.3. The Hall–Kier alpha value is -2.70. The van der Waals surface area contributed by atoms with E-state index in [1.807, 2.05) is 60.7 Å². The van der Waals surface area contributed by atoms with E-state index in [-0.39, 0.29) is 11.9 Å². The van der Waals surface area contributed by atoms with Crippen molar-refractivity contribution in [2.45, 2.75) is 38.3 Å². The maximum atomic E-state index is 13.5. The second-order valence-corrected chi connectivity index (χ2v) is 9.43. The molecule has 2 aliphatic heterocycles. The molecule has 6 heteroatoms. The monoisotopic (exact) mass is 420 g/mol. The predicted molar refractivity (Wildman–Crippen MR) is 118 cm³/mol. The normalized spacial score (nSPS) is 26.1. The molecular formula is C24H26N3O2S+. The number of fused-ring (bicyclic) bond motifs is 2. The van der Waals surface area contributed by atoms with Gasteiger partial charge in [-0.05, 0) is 40.8 Å². The van der Waals surface area contributed by atoms with Gasteiger partial charge in [0.25, 0.3) is 5.91 Å². The Morgan fingerprint density at radius 3 is 2.77 bits per heavy atom. The molecule has 2 N–H and O–H groups in total. The highest BCUT2D eigenvalue weighted by molar-refractivity contribution is 7.10. The molecule has 154 valence electrons. The quantitative estimate of drug-likeness (QED) is 0.637. The van der Waals surface area contributed by atoms with E-state index in [2.05, 4.69) is 23.7 Å². The highest BCUT2D eigenvalue weighted by atomic mass is 32.1. The highest BCUT2D eigenvalue weighted by Crippen LogP contribution is 2.31. The van der Waals surface area contributed by atoms with Gasteiger partial charge in [-0.3, -0.25) is 4.79 Å². The number of nitrogens with zero attached hydrogens (tertiary/aromatic N) is 1. The molecule has 1 aromatic heterocycles. The fraction of sp³-hybridized carbons (Fsp3) is 0.333. The van der Waals surface area contributed by atoms with Gasteiger partial charge < -0.3 is 10.2 Å². The highest BCUT2D eigenvalue weighted by Gasteiger charge is 2.51. The summed E-state index contributed by atoms with van der Waals surface area (Å²) in [7, 11) is 0. The lowest BCUT2D eigenvalue weighted by Crippen LogP contribution is -3.14. The van der Waals surface area contributed by atoms with Gasteiger partial charge in [0.2, 0.25) is 0 Å². The van der Waals surface area contributed by atoms with Crippen molar-refractivity contribution in [3.8, 4) is 0 Å². The number of carbonyl (C=O) groups excluding carboxylic acids is 2. The fourth-order valence-electron chi connectivity index (χ4n) is 4.97. The summed E-state index contributed by atoms with van der Waals surface area (Å²) in [5, 5.41) is 7.31. The molecule has 0 saturated carbocycles. The van der Waals surface area contributed by atoms with Crippen molar-refractivity contribution in [3.05, 3.63) is 69.9 Å². The first-order valence-corrected chi connectivity index (χ1v) is 11.4. The van der Waals surface area contributed by atoms with Crippen molar-refractivity contribution < 1.29 is 14.5 Å². The largest absolute Gasteiger partial charge is 0.329 e. The molecule has 0 aliphatic carbocycles. The van der Waals surface area contributed by atoms with Gasteiger partial charge in [0.1, 0.15) is 11.6 Å². The van der Waals surface area contributed by atoms with Gasteiger partial charge in [-0.25, -0.2) is 9.69 Å². The molecule has 2 aliphatic rings. The number of rotatable bonds is 4. The maximum absolute atomic E-state index is 13.5. The number of hydrogen-bond acceptors (Lipinski definition) is 3. The van der Waals surface area contributed by atoms with E-state index in [1.54, 1.807) is 0 Å². The molecule has 30 heavy (non-hydrogen) atoms. The zero-order chi connectivity index (χ0) is 20.9. The summed E-state index contributed by atoms with van der Waals surface area (Å²) < 4.78 is 0. The Balaban J connectivity index is 1.42. The van der Waals surface area contributed by atoms with Crippen LogP contribution < -0.4 is 10.2 Å². The molecule has 0 radical (unpaired) electrons. The average Bonchev–Trinajstić information content (AvgIpc) is 3.32. The van der Waals surface area contributed by atoms with Crippen LogP contribution in [0.3, 0.4) is 0 Å². The summed E-state index contributed by atoms with van der Waals surface area (Å²) in [6, 6.07) is 16.3. The van der Waals surface area contributed by atoms with Gasteiger partial charge in [0.15, 0.2) is 6.67 Å². The van der Waals surface area contributed by atoms with E-state index >= 15 is 0 Å². The second-order valence-electron chi connectivity index (χ2n) is 8.43. The molecular weight excluding hydrogens is 394 g/mol. The standard InChI is InChI=1S/C24H25N3O2S/c1-3-20-19-11-13-30-21(19)10-12-26(20)15-27-22(28)24(2,25-23(27)29)18-9-8-16-6-4-5-7-17(16)14-18/h4-9,11,13-14,20H,3,10,12,15H2,1-2H3,(H,25,29)/p+1/t20-,24-/m1/s1. The summed E-state index contributed by atoms with van der Waals surface area (Å²) in [4.78, 5) is 30.5. The molecule has 5 nitrogen and oxygen atoms in total. The van der Waals surface area contributed by atoms with Crippen LogP contribution in [0.15, 0.2) is 53.9 Å². The predicted octanol–water partition coefficient (Wildman–Crippen LogP) is 3.22. The molecule has 5 rings (SSSR count). The van der Waals surface area contributed by atoms with Crippen LogP contribution in [0.2, 0.25) is 0 Å². The molecule has 1 fully saturated rings. The minimum atomic E-state index is -1.04. The average molecular weight is 421 g/mol. The van der Waals surface area contributed by atoms with E-state index in [1.165, 1.54) is 20.2 Å². The Kier molecular flexibility index (Phi) is 4.64. The minimum absolute atomic E-state index is 0.166. The molecule has 2 aromatic carbocycles. The zero-order valence-corrected chi connectivity index (χ0v) is 18.1. The third-order valence-electron chi connectivity index (χ3n) is 6.69. The van der Waals surface area contributed by atoms with E-state index in [9.17, 15) is 9.59 Å². The van der Waals surface area contributed by atoms with Gasteiger partial charge in [-0.2, -0.15) is 0 Å². The van der Waals surface area contributed by atoms with Crippen molar-refractivity contribution >= 4 is 34.0 Å². The number of imide groups is 1. The number of urea groups is 1. The van der Waals surface area contributed by atoms with E-state index in [0.717, 1.165) is 35.7 Å². The Bertz CT molecular complexity index is 1140. The van der Waals surface area contributed by atoms with Crippen LogP contribution in [0.1, 0.15) is 42.3 Å². The first-order chi connectivity index (χ1) is 14.5. The number of hydrogen-bond donors (Lipinski definition) is 2. The van der Waals surface area contributed by atoms with Crippen LogP contribution >= 0.6 is 11.3 Å². The minimum Gasteiger partial charge on any atom is -0.319 e. The van der Waals surface area contributed by atoms with E-state index < -0.39 is 5.54 Å². The van der Waals surface area contributed by atoms with Crippen LogP contribution in [-0.2, 0) is 16.8 Å². The van der Waals surface area contributed by atoms with E-state index in [4.69, 9.17) is 0 Å². The van der Waals surface area contributed by atoms with Crippen molar-refractivity contribution in [1.82, 2.24) is 10.2 Å². The number of quaternary nitrogens is 1. The van der Waals surface area contributed by atoms with Gasteiger partial charge in [0, 0.05) is 23.3 Å². The lowest BCUT2D eigenvalue weighted by atomic mass is 9.90. The molecule has 3 aromatic rings. The lowest BCUT2D eigenvalue weighted by molar-refractivity contribution is -0.940. The molecule has 3 amide bonds. The SMILES string of the molecule is CC[C@@H]1c2ccsc2CC[NH+]1CN1C(=O)N[C@](C)(c2ccc3ccccc3c2)C1=O. The van der Waals surface area contributed by atoms with Crippen molar-refractivity contribution in [3.63, 3.8) is 0 Å². The van der Waals surface area contributed by atoms with Gasteiger partial charge in [-0.1, -0.05) is 43.3 Å². The lowest BCUT2D eigenvalue weighted by Gasteiger charge is -2.34. The number of benzene rings is 2. The van der Waals surface area contributed by atoms with Crippen LogP contribution in [0.4, 0.5) is 4.79 Å². The first-order valence-electron chi connectivity index (χ1n) is 10.6. The summed E-state index contributed by atoms with van der Waals surface area (Å²) in [5.74, 6) is -0.166. The van der Waals surface area contributed by atoms with Crippen molar-refractivity contribution in [2.24, 2.45) is 0 Å². The number of thiophene rings is 1. The van der Waals surface area contributed by atoms with Crippen LogP contribution in [0.5, 0.6) is 0 Å². The summed E-state index contributed by atoms with van der Waals surface area (Å²) in [5.41, 5.74) is 1.17. The Morgan fingerprint density at radius 2 is 1.97 bits per heavy atom. The van der Waals surface area contributed by atoms with E-state index in [0.29, 0.717) is 12.7 Å². The Labute approximate surface area is 180 Å². The topological polar surface area (TPSA) is 53.9 Å². The third kappa shape index (κ3) is 2.94. The summed E-state index contributed by atoms with van der Waals surface area (Å²) in [6.07, 6.45) is 2.00. The maximum Gasteiger partial charge on any atom is 0.329 e. The first kappa shape index (κ1) is 19.3. The number of amides is 3. The van der Waals surface area contributed by atoms with Crippen molar-refractivity contribution in [1.29, 1.82) is 0 Å². The van der Waals surface area contributed by atoms with Gasteiger partial charge in [-0.15, -0.1) is 11.3 Å². The third-order valence-corrected chi connectivity index (χ3v) is 7.69. The molecule has 3 atom stereocenters. The van der Waals surface area contributed by atoms with Gasteiger partial charge in [0.05, 0.1) is 6.54 Å². The second kappa shape index (κ2) is 7.22. The number of carbonyl (C=O) groups is 2. The number of nitrogens with one attached hydrogen (secondary N) is 2. The van der Waals surface area contributed by atoms with Gasteiger partial charge >= 0.3 is 6.03 Å². The van der Waals surface area contributed by atoms with Crippen molar-refractivity contribution in [2.75, 3.05) is 13.2 Å². The summed E-state index contributed by atoms with van der Waals surface area (Å²) >= 11 is 1.82. The van der Waals surface area contributed by atoms with Crippen LogP contribution in [0, 0.1) is 0 Å². The molecule has 0 bridgehead atoms. The van der Waals surface area contributed by atoms with Crippen LogP contribution in [-0.4, -0.2) is 30.1 Å². The molecule has 1 saturated heterocycles. The molecule has 3 heterocycles. The smallest absolute Gasteiger partial charge is 0.319 e. The molecule has 0 spiro atoms. The van der Waals surface area contributed by atoms with Crippen LogP contribution in [0.25, 0.3) is 10.8 Å². The molecule has 1 unspecified atom stereocenters.